The third kappa shape index (κ3) is 3.23. The van der Waals surface area contributed by atoms with Crippen LogP contribution >= 0.6 is 0 Å². The number of ether oxygens (including phenoxy) is 2. The zero-order chi connectivity index (χ0) is 22.0. The molecular formula is C29H42O2. The topological polar surface area (TPSA) is 18.5 Å². The van der Waals surface area contributed by atoms with Gasteiger partial charge in [-0.05, 0) is 90.7 Å². The number of benzene rings is 1. The molecule has 1 aromatic rings. The fraction of sp³-hybridized carbons (Fsp3) is 0.724. The molecule has 4 bridgehead atoms. The Labute approximate surface area is 189 Å². The van der Waals surface area contributed by atoms with Crippen LogP contribution in [0.4, 0.5) is 0 Å². The van der Waals surface area contributed by atoms with Crippen LogP contribution in [0.2, 0.25) is 0 Å². The Kier molecular flexibility index (Phi) is 5.13. The predicted octanol–water partition coefficient (Wildman–Crippen LogP) is 7.74. The van der Waals surface area contributed by atoms with E-state index in [4.69, 9.17) is 9.47 Å². The van der Waals surface area contributed by atoms with Gasteiger partial charge in [-0.15, -0.1) is 0 Å². The van der Waals surface area contributed by atoms with Crippen molar-refractivity contribution in [3.63, 3.8) is 0 Å². The van der Waals surface area contributed by atoms with Crippen LogP contribution < -0.4 is 4.74 Å². The van der Waals surface area contributed by atoms with Crippen LogP contribution in [0.5, 0.6) is 5.75 Å². The molecule has 5 rings (SSSR count). The maximum Gasteiger partial charge on any atom is 0.206 e. The molecule has 4 aliphatic rings. The van der Waals surface area contributed by atoms with Crippen LogP contribution in [0.15, 0.2) is 36.4 Å². The summed E-state index contributed by atoms with van der Waals surface area (Å²) in [6, 6.07) is 8.81. The van der Waals surface area contributed by atoms with Crippen molar-refractivity contribution >= 4 is 0 Å². The summed E-state index contributed by atoms with van der Waals surface area (Å²) >= 11 is 0. The van der Waals surface area contributed by atoms with Crippen LogP contribution in [0.1, 0.15) is 91.5 Å². The highest BCUT2D eigenvalue weighted by atomic mass is 16.7. The van der Waals surface area contributed by atoms with Gasteiger partial charge in [-0.3, -0.25) is 0 Å². The molecule has 170 valence electrons. The Morgan fingerprint density at radius 3 is 2.29 bits per heavy atom. The Bertz CT molecular complexity index is 839. The molecule has 1 aromatic carbocycles. The van der Waals surface area contributed by atoms with Gasteiger partial charge in [-0.2, -0.15) is 0 Å². The fourth-order valence-corrected chi connectivity index (χ4v) is 7.44. The lowest BCUT2D eigenvalue weighted by Crippen LogP contribution is -2.47. The second kappa shape index (κ2) is 7.37. The summed E-state index contributed by atoms with van der Waals surface area (Å²) in [6.07, 6.45) is 12.4. The van der Waals surface area contributed by atoms with Gasteiger partial charge in [-0.25, -0.2) is 0 Å². The first-order chi connectivity index (χ1) is 14.7. The molecule has 0 amide bonds. The van der Waals surface area contributed by atoms with E-state index in [0.717, 1.165) is 18.1 Å². The lowest BCUT2D eigenvalue weighted by molar-refractivity contribution is -0.213. The van der Waals surface area contributed by atoms with Crippen LogP contribution in [-0.2, 0) is 4.74 Å². The monoisotopic (exact) mass is 422 g/mol. The molecule has 2 nitrogen and oxygen atoms in total. The van der Waals surface area contributed by atoms with Crippen molar-refractivity contribution in [3.8, 4) is 5.75 Å². The molecule has 2 heteroatoms. The molecule has 8 atom stereocenters. The summed E-state index contributed by atoms with van der Waals surface area (Å²) in [5, 5.41) is 0. The quantitative estimate of drug-likeness (QED) is 0.330. The van der Waals surface area contributed by atoms with E-state index in [2.05, 4.69) is 78.0 Å². The zero-order valence-corrected chi connectivity index (χ0v) is 20.5. The number of hydrogen-bond donors (Lipinski definition) is 0. The first-order valence-electron chi connectivity index (χ1n) is 12.8. The normalized spacial score (nSPS) is 41.6. The van der Waals surface area contributed by atoms with Gasteiger partial charge < -0.3 is 9.47 Å². The van der Waals surface area contributed by atoms with E-state index in [1.54, 1.807) is 0 Å². The minimum atomic E-state index is -0.182. The lowest BCUT2D eigenvalue weighted by atomic mass is 9.69. The van der Waals surface area contributed by atoms with Crippen molar-refractivity contribution in [3.05, 3.63) is 42.0 Å². The summed E-state index contributed by atoms with van der Waals surface area (Å²) in [5.41, 5.74) is 2.06. The predicted molar refractivity (Wildman–Crippen MR) is 127 cm³/mol. The zero-order valence-electron chi connectivity index (χ0n) is 20.5. The fourth-order valence-electron chi connectivity index (χ4n) is 7.44. The van der Waals surface area contributed by atoms with Crippen molar-refractivity contribution in [1.82, 2.24) is 0 Å². The maximum atomic E-state index is 7.07. The van der Waals surface area contributed by atoms with E-state index >= 15 is 0 Å². The second-order valence-electron chi connectivity index (χ2n) is 12.3. The first-order valence-corrected chi connectivity index (χ1v) is 12.8. The minimum absolute atomic E-state index is 0.0527. The van der Waals surface area contributed by atoms with Gasteiger partial charge in [0.25, 0.3) is 0 Å². The van der Waals surface area contributed by atoms with Gasteiger partial charge in [0.05, 0.1) is 6.10 Å². The van der Waals surface area contributed by atoms with E-state index in [-0.39, 0.29) is 17.1 Å². The van der Waals surface area contributed by atoms with Gasteiger partial charge in [-0.1, -0.05) is 65.8 Å². The molecule has 0 aromatic heterocycles. The van der Waals surface area contributed by atoms with Gasteiger partial charge in [0.1, 0.15) is 5.75 Å². The molecule has 8 unspecified atom stereocenters. The maximum absolute atomic E-state index is 7.07. The summed E-state index contributed by atoms with van der Waals surface area (Å²) < 4.78 is 13.8. The third-order valence-corrected chi connectivity index (χ3v) is 10.6. The molecule has 3 saturated carbocycles. The number of allylic oxidation sites excluding steroid dienone is 2. The van der Waals surface area contributed by atoms with E-state index < -0.39 is 0 Å². The molecular weight excluding hydrogens is 380 g/mol. The standard InChI is InChI=1S/C29H42O2/c1-7-19(2)21-9-12-24(13-10-21)30-26(28(5)18-20-8-11-23(28)16-20)31-25-17-22-14-15-29(25,6)27(22,3)4/h8-13,19-20,22-23,25-26H,7,14-18H2,1-6H3. The van der Waals surface area contributed by atoms with Crippen molar-refractivity contribution in [2.45, 2.75) is 98.4 Å². The minimum Gasteiger partial charge on any atom is -0.464 e. The number of fused-ring (bicyclic) bond motifs is 4. The molecule has 0 heterocycles. The molecule has 0 aliphatic heterocycles. The number of hydrogen-bond acceptors (Lipinski definition) is 2. The summed E-state index contributed by atoms with van der Waals surface area (Å²) in [5.74, 6) is 3.60. The van der Waals surface area contributed by atoms with Crippen molar-refractivity contribution in [1.29, 1.82) is 0 Å². The SMILES string of the molecule is CCC(C)c1ccc(OC(OC2CC3CCC2(C)C3(C)C)C2(C)CC3C=CC2C3)cc1. The average Bonchev–Trinajstić information content (AvgIpc) is 3.45. The Morgan fingerprint density at radius 2 is 1.77 bits per heavy atom. The molecule has 0 N–H and O–H groups in total. The first kappa shape index (κ1) is 21.6. The van der Waals surface area contributed by atoms with E-state index in [1.165, 1.54) is 37.7 Å². The summed E-state index contributed by atoms with van der Waals surface area (Å²) in [6.45, 7) is 14.4. The Hall–Kier alpha value is -1.28. The van der Waals surface area contributed by atoms with E-state index in [9.17, 15) is 0 Å². The van der Waals surface area contributed by atoms with Crippen LogP contribution in [-0.4, -0.2) is 12.4 Å². The van der Waals surface area contributed by atoms with Crippen molar-refractivity contribution in [2.24, 2.45) is 34.0 Å². The summed E-state index contributed by atoms with van der Waals surface area (Å²) in [7, 11) is 0. The molecule has 3 fully saturated rings. The lowest BCUT2D eigenvalue weighted by Gasteiger charge is -2.45. The van der Waals surface area contributed by atoms with Gasteiger partial charge in [0, 0.05) is 5.41 Å². The van der Waals surface area contributed by atoms with Crippen molar-refractivity contribution in [2.75, 3.05) is 0 Å². The second-order valence-corrected chi connectivity index (χ2v) is 12.3. The summed E-state index contributed by atoms with van der Waals surface area (Å²) in [4.78, 5) is 0. The van der Waals surface area contributed by atoms with Crippen molar-refractivity contribution < 1.29 is 9.47 Å². The molecule has 0 saturated heterocycles. The average molecular weight is 423 g/mol. The largest absolute Gasteiger partial charge is 0.464 e. The van der Waals surface area contributed by atoms with Gasteiger partial charge in [0.15, 0.2) is 0 Å². The Balaban J connectivity index is 1.40. The highest BCUT2D eigenvalue weighted by molar-refractivity contribution is 5.30. The molecule has 0 spiro atoms. The third-order valence-electron chi connectivity index (χ3n) is 10.6. The molecule has 0 radical (unpaired) electrons. The molecule has 4 aliphatic carbocycles. The van der Waals surface area contributed by atoms with Gasteiger partial charge in [0.2, 0.25) is 6.29 Å². The van der Waals surface area contributed by atoms with Crippen LogP contribution in [0.25, 0.3) is 0 Å². The Morgan fingerprint density at radius 1 is 1.03 bits per heavy atom. The number of rotatable bonds is 7. The van der Waals surface area contributed by atoms with Crippen LogP contribution in [0, 0.1) is 34.0 Å². The van der Waals surface area contributed by atoms with E-state index in [1.807, 2.05) is 0 Å². The highest BCUT2D eigenvalue weighted by Gasteiger charge is 2.63. The van der Waals surface area contributed by atoms with E-state index in [0.29, 0.717) is 29.3 Å². The van der Waals surface area contributed by atoms with Crippen LogP contribution in [0.3, 0.4) is 0 Å². The highest BCUT2D eigenvalue weighted by Crippen LogP contribution is 2.67. The van der Waals surface area contributed by atoms with Gasteiger partial charge >= 0.3 is 0 Å². The smallest absolute Gasteiger partial charge is 0.206 e. The molecule has 31 heavy (non-hydrogen) atoms.